The summed E-state index contributed by atoms with van der Waals surface area (Å²) < 4.78 is 11.8. The third-order valence-corrected chi connectivity index (χ3v) is 5.28. The monoisotopic (exact) mass is 365 g/mol. The van der Waals surface area contributed by atoms with Crippen LogP contribution in [0.25, 0.3) is 0 Å². The van der Waals surface area contributed by atoms with Gasteiger partial charge in [0.05, 0.1) is 31.0 Å². The molecule has 26 heavy (non-hydrogen) atoms. The van der Waals surface area contributed by atoms with E-state index in [0.29, 0.717) is 37.9 Å². The molecule has 3 rings (SSSR count). The lowest BCUT2D eigenvalue weighted by molar-refractivity contribution is 0.185. The van der Waals surface area contributed by atoms with Crippen molar-refractivity contribution in [2.45, 2.75) is 69.1 Å². The summed E-state index contributed by atoms with van der Waals surface area (Å²) in [7, 11) is 0. The zero-order valence-electron chi connectivity index (χ0n) is 15.0. The molecule has 2 aliphatic rings. The highest BCUT2D eigenvalue weighted by Crippen LogP contribution is 2.35. The Morgan fingerprint density at radius 2 is 1.50 bits per heavy atom. The number of allylic oxidation sites excluding steroid dienone is 1. The standard InChI is InChI=1S/C18H27N3O5/c1-2-3-8-18(9-4-6-13-11-25-13,10-5-7-14-12-26-14)21-16(23)19-15(22)20-17(21)24/h2,13-14H,1,3-12H2,(H2,19,20,22,23,24). The highest BCUT2D eigenvalue weighted by atomic mass is 16.6. The lowest BCUT2D eigenvalue weighted by atomic mass is 9.82. The number of hydrogen-bond donors (Lipinski definition) is 2. The second kappa shape index (κ2) is 8.18. The normalized spacial score (nSPS) is 23.4. The average Bonchev–Trinajstić information content (AvgIpc) is 3.46. The quantitative estimate of drug-likeness (QED) is 0.424. The first-order valence-corrected chi connectivity index (χ1v) is 9.34. The molecule has 2 atom stereocenters. The number of aromatic amines is 2. The van der Waals surface area contributed by atoms with Crippen LogP contribution in [0.3, 0.4) is 0 Å². The van der Waals surface area contributed by atoms with Gasteiger partial charge in [-0.25, -0.2) is 19.0 Å². The molecule has 1 aromatic rings. The highest BCUT2D eigenvalue weighted by molar-refractivity contribution is 4.92. The molecule has 144 valence electrons. The van der Waals surface area contributed by atoms with Crippen LogP contribution in [0, 0.1) is 0 Å². The van der Waals surface area contributed by atoms with Gasteiger partial charge in [0, 0.05) is 0 Å². The number of epoxide rings is 2. The summed E-state index contributed by atoms with van der Waals surface area (Å²) in [5.74, 6) is 0. The summed E-state index contributed by atoms with van der Waals surface area (Å²) in [5, 5.41) is 0. The molecule has 2 fully saturated rings. The number of nitrogens with one attached hydrogen (secondary N) is 2. The second-order valence-electron chi connectivity index (χ2n) is 7.27. The Kier molecular flexibility index (Phi) is 5.93. The Balaban J connectivity index is 1.88. The van der Waals surface area contributed by atoms with Crippen molar-refractivity contribution in [1.82, 2.24) is 14.5 Å². The summed E-state index contributed by atoms with van der Waals surface area (Å²) in [6, 6.07) is 0. The van der Waals surface area contributed by atoms with Gasteiger partial charge in [-0.05, 0) is 51.4 Å². The fraction of sp³-hybridized carbons (Fsp3) is 0.722. The van der Waals surface area contributed by atoms with E-state index in [1.54, 1.807) is 6.08 Å². The molecular weight excluding hydrogens is 338 g/mol. The largest absolute Gasteiger partial charge is 0.373 e. The van der Waals surface area contributed by atoms with Gasteiger partial charge >= 0.3 is 17.1 Å². The summed E-state index contributed by atoms with van der Waals surface area (Å²) in [6.45, 7) is 5.36. The number of nitrogens with zero attached hydrogens (tertiary/aromatic N) is 1. The summed E-state index contributed by atoms with van der Waals surface area (Å²) in [5.41, 5.74) is -2.71. The van der Waals surface area contributed by atoms with E-state index in [1.165, 1.54) is 4.57 Å². The van der Waals surface area contributed by atoms with E-state index in [0.717, 1.165) is 38.9 Å². The summed E-state index contributed by atoms with van der Waals surface area (Å²) >= 11 is 0. The second-order valence-corrected chi connectivity index (χ2v) is 7.27. The average molecular weight is 365 g/mol. The van der Waals surface area contributed by atoms with E-state index in [1.807, 2.05) is 0 Å². The smallest absolute Gasteiger partial charge is 0.334 e. The van der Waals surface area contributed by atoms with E-state index in [4.69, 9.17) is 9.47 Å². The van der Waals surface area contributed by atoms with Crippen molar-refractivity contribution in [1.29, 1.82) is 0 Å². The van der Waals surface area contributed by atoms with Crippen molar-refractivity contribution in [3.8, 4) is 0 Å². The molecule has 0 amide bonds. The third-order valence-electron chi connectivity index (χ3n) is 5.28. The predicted molar refractivity (Wildman–Crippen MR) is 96.5 cm³/mol. The van der Waals surface area contributed by atoms with Gasteiger partial charge in [0.1, 0.15) is 0 Å². The molecule has 3 heterocycles. The van der Waals surface area contributed by atoms with E-state index in [-0.39, 0.29) is 0 Å². The summed E-state index contributed by atoms with van der Waals surface area (Å²) in [6.07, 6.45) is 8.62. The van der Waals surface area contributed by atoms with Gasteiger partial charge < -0.3 is 9.47 Å². The maximum Gasteiger partial charge on any atom is 0.334 e. The molecule has 2 unspecified atom stereocenters. The van der Waals surface area contributed by atoms with E-state index < -0.39 is 22.6 Å². The molecule has 8 nitrogen and oxygen atoms in total. The van der Waals surface area contributed by atoms with E-state index in [2.05, 4.69) is 16.5 Å². The van der Waals surface area contributed by atoms with Gasteiger partial charge in [-0.15, -0.1) is 6.58 Å². The molecule has 0 radical (unpaired) electrons. The van der Waals surface area contributed by atoms with Gasteiger partial charge in [0.15, 0.2) is 0 Å². The highest BCUT2D eigenvalue weighted by Gasteiger charge is 2.36. The molecule has 8 heteroatoms. The van der Waals surface area contributed by atoms with Crippen molar-refractivity contribution in [3.63, 3.8) is 0 Å². The Morgan fingerprint density at radius 1 is 1.00 bits per heavy atom. The van der Waals surface area contributed by atoms with Gasteiger partial charge in [0.25, 0.3) is 0 Å². The van der Waals surface area contributed by atoms with Crippen LogP contribution in [0.2, 0.25) is 0 Å². The van der Waals surface area contributed by atoms with Gasteiger partial charge in [-0.1, -0.05) is 6.08 Å². The van der Waals surface area contributed by atoms with Crippen molar-refractivity contribution in [3.05, 3.63) is 44.1 Å². The Hall–Kier alpha value is -1.93. The van der Waals surface area contributed by atoms with E-state index >= 15 is 0 Å². The first-order valence-electron chi connectivity index (χ1n) is 9.34. The minimum absolute atomic E-state index is 0.303. The van der Waals surface area contributed by atoms with Crippen LogP contribution < -0.4 is 17.1 Å². The third kappa shape index (κ3) is 4.82. The molecular formula is C18H27N3O5. The van der Waals surface area contributed by atoms with Crippen LogP contribution in [0.15, 0.2) is 27.0 Å². The van der Waals surface area contributed by atoms with Gasteiger partial charge in [-0.3, -0.25) is 9.97 Å². The maximum atomic E-state index is 12.5. The molecule has 0 aliphatic carbocycles. The zero-order valence-corrected chi connectivity index (χ0v) is 15.0. The van der Waals surface area contributed by atoms with Gasteiger partial charge in [-0.2, -0.15) is 0 Å². The zero-order chi connectivity index (χ0) is 18.6. The molecule has 0 bridgehead atoms. The molecule has 0 aromatic carbocycles. The predicted octanol–water partition coefficient (Wildman–Crippen LogP) is 1.02. The van der Waals surface area contributed by atoms with Crippen molar-refractivity contribution in [2.75, 3.05) is 13.2 Å². The molecule has 0 spiro atoms. The first kappa shape index (κ1) is 18.8. The van der Waals surface area contributed by atoms with Crippen LogP contribution in [-0.2, 0) is 15.0 Å². The van der Waals surface area contributed by atoms with Crippen molar-refractivity contribution in [2.24, 2.45) is 0 Å². The molecule has 2 aliphatic heterocycles. The van der Waals surface area contributed by atoms with Crippen LogP contribution >= 0.6 is 0 Å². The number of aromatic nitrogens is 3. The number of ether oxygens (including phenoxy) is 2. The molecule has 0 saturated carbocycles. The molecule has 2 saturated heterocycles. The maximum absolute atomic E-state index is 12.5. The SMILES string of the molecule is C=CCCC(CCCC1CO1)(CCCC1CO1)n1c(=O)[nH]c(=O)[nH]c1=O. The number of hydrogen-bond acceptors (Lipinski definition) is 5. The van der Waals surface area contributed by atoms with Crippen LogP contribution in [-0.4, -0.2) is 40.0 Å². The minimum Gasteiger partial charge on any atom is -0.373 e. The lowest BCUT2D eigenvalue weighted by Crippen LogP contribution is -2.53. The Morgan fingerprint density at radius 3 is 1.92 bits per heavy atom. The van der Waals surface area contributed by atoms with Crippen molar-refractivity contribution < 1.29 is 9.47 Å². The Labute approximate surface area is 151 Å². The lowest BCUT2D eigenvalue weighted by Gasteiger charge is -2.35. The first-order chi connectivity index (χ1) is 12.5. The van der Waals surface area contributed by atoms with Crippen LogP contribution in [0.1, 0.15) is 51.4 Å². The topological polar surface area (TPSA) is 113 Å². The summed E-state index contributed by atoms with van der Waals surface area (Å²) in [4.78, 5) is 40.9. The van der Waals surface area contributed by atoms with Crippen molar-refractivity contribution >= 4 is 0 Å². The molecule has 2 N–H and O–H groups in total. The minimum atomic E-state index is -0.772. The van der Waals surface area contributed by atoms with Crippen LogP contribution in [0.4, 0.5) is 0 Å². The fourth-order valence-electron chi connectivity index (χ4n) is 3.73. The molecule has 1 aromatic heterocycles. The number of rotatable bonds is 12. The number of H-pyrrole nitrogens is 2. The Bertz CT molecular complexity index is 733. The van der Waals surface area contributed by atoms with Crippen LogP contribution in [0.5, 0.6) is 0 Å². The van der Waals surface area contributed by atoms with Gasteiger partial charge in [0.2, 0.25) is 0 Å². The fourth-order valence-corrected chi connectivity index (χ4v) is 3.73. The van der Waals surface area contributed by atoms with E-state index in [9.17, 15) is 14.4 Å².